The molecule has 1 aromatic rings. The Morgan fingerprint density at radius 3 is 2.29 bits per heavy atom. The fraction of sp³-hybridized carbons (Fsp3) is 0.417. The molecule has 76 valence electrons. The summed E-state index contributed by atoms with van der Waals surface area (Å²) in [5.41, 5.74) is 1.89. The van der Waals surface area contributed by atoms with E-state index in [0.717, 1.165) is 6.29 Å². The minimum absolute atomic E-state index is 0.00381. The number of aldehydes is 1. The third-order valence-corrected chi connectivity index (χ3v) is 2.33. The lowest BCUT2D eigenvalue weighted by atomic mass is 9.85. The highest BCUT2D eigenvalue weighted by Gasteiger charge is 2.19. The van der Waals surface area contributed by atoms with Crippen molar-refractivity contribution in [1.82, 2.24) is 0 Å². The molecule has 0 atom stereocenters. The summed E-state index contributed by atoms with van der Waals surface area (Å²) in [5.74, 6) is 0. The van der Waals surface area contributed by atoms with Crippen LogP contribution >= 0.6 is 0 Å². The van der Waals surface area contributed by atoms with Crippen molar-refractivity contribution in [2.75, 3.05) is 13.7 Å². The van der Waals surface area contributed by atoms with E-state index in [1.165, 1.54) is 5.56 Å². The quantitative estimate of drug-likeness (QED) is 0.685. The average Bonchev–Trinajstić information content (AvgIpc) is 2.18. The van der Waals surface area contributed by atoms with Crippen molar-refractivity contribution >= 4 is 6.29 Å². The van der Waals surface area contributed by atoms with Crippen LogP contribution in [0.2, 0.25) is 0 Å². The van der Waals surface area contributed by atoms with Gasteiger partial charge in [-0.3, -0.25) is 4.79 Å². The molecular weight excluding hydrogens is 176 g/mol. The van der Waals surface area contributed by atoms with E-state index in [0.29, 0.717) is 12.2 Å². The molecule has 0 saturated carbocycles. The molecule has 0 spiro atoms. The molecular formula is C12H16O2. The van der Waals surface area contributed by atoms with Crippen LogP contribution in [0.15, 0.2) is 24.3 Å². The second kappa shape index (κ2) is 4.38. The molecule has 0 heterocycles. The van der Waals surface area contributed by atoms with Crippen LogP contribution in [0.4, 0.5) is 0 Å². The minimum atomic E-state index is -0.00381. The molecule has 1 rings (SSSR count). The van der Waals surface area contributed by atoms with E-state index < -0.39 is 0 Å². The van der Waals surface area contributed by atoms with Gasteiger partial charge in [-0.15, -0.1) is 0 Å². The Kier molecular flexibility index (Phi) is 3.42. The van der Waals surface area contributed by atoms with Gasteiger partial charge < -0.3 is 4.74 Å². The zero-order chi connectivity index (χ0) is 10.6. The van der Waals surface area contributed by atoms with Gasteiger partial charge in [0.25, 0.3) is 0 Å². The lowest BCUT2D eigenvalue weighted by molar-refractivity contribution is 0.112. The van der Waals surface area contributed by atoms with Crippen LogP contribution < -0.4 is 0 Å². The summed E-state index contributed by atoms with van der Waals surface area (Å²) < 4.78 is 5.15. The number of carbonyl (C=O) groups excluding carboxylic acids is 1. The SMILES string of the molecule is COCC(C)(C)c1ccc(C=O)cc1. The van der Waals surface area contributed by atoms with Gasteiger partial charge in [-0.25, -0.2) is 0 Å². The summed E-state index contributed by atoms with van der Waals surface area (Å²) in [7, 11) is 1.70. The van der Waals surface area contributed by atoms with Crippen LogP contribution in [0, 0.1) is 0 Å². The molecule has 2 nitrogen and oxygen atoms in total. The summed E-state index contributed by atoms with van der Waals surface area (Å²) in [6.07, 6.45) is 0.854. The number of ether oxygens (including phenoxy) is 1. The van der Waals surface area contributed by atoms with Crippen molar-refractivity contribution in [3.63, 3.8) is 0 Å². The fourth-order valence-corrected chi connectivity index (χ4v) is 1.46. The molecule has 0 aliphatic rings. The summed E-state index contributed by atoms with van der Waals surface area (Å²) in [5, 5.41) is 0. The Labute approximate surface area is 84.9 Å². The lowest BCUT2D eigenvalue weighted by Crippen LogP contribution is -2.23. The van der Waals surface area contributed by atoms with Crippen molar-refractivity contribution in [2.24, 2.45) is 0 Å². The largest absolute Gasteiger partial charge is 0.384 e. The maximum Gasteiger partial charge on any atom is 0.150 e. The maximum absolute atomic E-state index is 10.5. The highest BCUT2D eigenvalue weighted by molar-refractivity contribution is 5.74. The van der Waals surface area contributed by atoms with Crippen LogP contribution in [0.3, 0.4) is 0 Å². The summed E-state index contributed by atoms with van der Waals surface area (Å²) in [6, 6.07) is 7.62. The predicted molar refractivity (Wildman–Crippen MR) is 56.7 cm³/mol. The molecule has 0 unspecified atom stereocenters. The highest BCUT2D eigenvalue weighted by Crippen LogP contribution is 2.23. The molecule has 0 bridgehead atoms. The van der Waals surface area contributed by atoms with Crippen molar-refractivity contribution in [3.05, 3.63) is 35.4 Å². The maximum atomic E-state index is 10.5. The average molecular weight is 192 g/mol. The van der Waals surface area contributed by atoms with Crippen molar-refractivity contribution in [2.45, 2.75) is 19.3 Å². The molecule has 0 radical (unpaired) electrons. The Morgan fingerprint density at radius 2 is 1.86 bits per heavy atom. The first-order valence-electron chi connectivity index (χ1n) is 4.65. The number of hydrogen-bond acceptors (Lipinski definition) is 2. The van der Waals surface area contributed by atoms with E-state index in [1.807, 2.05) is 24.3 Å². The third kappa shape index (κ3) is 2.42. The van der Waals surface area contributed by atoms with E-state index in [2.05, 4.69) is 13.8 Å². The first-order chi connectivity index (χ1) is 6.60. The van der Waals surface area contributed by atoms with Crippen molar-refractivity contribution in [3.8, 4) is 0 Å². The Balaban J connectivity index is 2.90. The van der Waals surface area contributed by atoms with Crippen LogP contribution in [0.25, 0.3) is 0 Å². The zero-order valence-electron chi connectivity index (χ0n) is 8.91. The van der Waals surface area contributed by atoms with E-state index in [-0.39, 0.29) is 5.41 Å². The molecule has 0 fully saturated rings. The Morgan fingerprint density at radius 1 is 1.29 bits per heavy atom. The molecule has 0 amide bonds. The van der Waals surface area contributed by atoms with Crippen LogP contribution in [-0.2, 0) is 10.2 Å². The smallest absolute Gasteiger partial charge is 0.150 e. The van der Waals surface area contributed by atoms with Gasteiger partial charge in [0.05, 0.1) is 6.61 Å². The molecule has 0 aliphatic carbocycles. The highest BCUT2D eigenvalue weighted by atomic mass is 16.5. The molecule has 0 aromatic heterocycles. The molecule has 0 saturated heterocycles. The van der Waals surface area contributed by atoms with Gasteiger partial charge in [0.2, 0.25) is 0 Å². The van der Waals surface area contributed by atoms with Crippen molar-refractivity contribution in [1.29, 1.82) is 0 Å². The van der Waals surface area contributed by atoms with Gasteiger partial charge in [0.1, 0.15) is 6.29 Å². The van der Waals surface area contributed by atoms with Crippen LogP contribution in [-0.4, -0.2) is 20.0 Å². The monoisotopic (exact) mass is 192 g/mol. The first kappa shape index (κ1) is 10.9. The lowest BCUT2D eigenvalue weighted by Gasteiger charge is -2.24. The third-order valence-electron chi connectivity index (χ3n) is 2.33. The Hall–Kier alpha value is -1.15. The van der Waals surface area contributed by atoms with Gasteiger partial charge in [-0.1, -0.05) is 38.1 Å². The van der Waals surface area contributed by atoms with E-state index in [9.17, 15) is 4.79 Å². The standard InChI is InChI=1S/C12H16O2/c1-12(2,9-14-3)11-6-4-10(8-13)5-7-11/h4-8H,9H2,1-3H3. The van der Waals surface area contributed by atoms with Crippen molar-refractivity contribution < 1.29 is 9.53 Å². The first-order valence-corrected chi connectivity index (χ1v) is 4.65. The summed E-state index contributed by atoms with van der Waals surface area (Å²) in [6.45, 7) is 4.91. The molecule has 1 aromatic carbocycles. The number of hydrogen-bond donors (Lipinski definition) is 0. The zero-order valence-corrected chi connectivity index (χ0v) is 8.91. The molecule has 2 heteroatoms. The predicted octanol–water partition coefficient (Wildman–Crippen LogP) is 2.42. The number of carbonyl (C=O) groups is 1. The van der Waals surface area contributed by atoms with Gasteiger partial charge in [-0.2, -0.15) is 0 Å². The van der Waals surface area contributed by atoms with E-state index in [4.69, 9.17) is 4.74 Å². The summed E-state index contributed by atoms with van der Waals surface area (Å²) in [4.78, 5) is 10.5. The number of rotatable bonds is 4. The van der Waals surface area contributed by atoms with E-state index in [1.54, 1.807) is 7.11 Å². The second-order valence-corrected chi connectivity index (χ2v) is 4.06. The molecule has 0 aliphatic heterocycles. The molecule has 0 N–H and O–H groups in total. The van der Waals surface area contributed by atoms with Gasteiger partial charge >= 0.3 is 0 Å². The van der Waals surface area contributed by atoms with Gasteiger partial charge in [-0.05, 0) is 5.56 Å². The summed E-state index contributed by atoms with van der Waals surface area (Å²) >= 11 is 0. The van der Waals surface area contributed by atoms with Crippen LogP contribution in [0.5, 0.6) is 0 Å². The molecule has 14 heavy (non-hydrogen) atoms. The minimum Gasteiger partial charge on any atom is -0.384 e. The second-order valence-electron chi connectivity index (χ2n) is 4.06. The normalized spacial score (nSPS) is 11.4. The number of benzene rings is 1. The topological polar surface area (TPSA) is 26.3 Å². The number of methoxy groups -OCH3 is 1. The van der Waals surface area contributed by atoms with Crippen LogP contribution in [0.1, 0.15) is 29.8 Å². The fourth-order valence-electron chi connectivity index (χ4n) is 1.46. The Bertz CT molecular complexity index is 299. The van der Waals surface area contributed by atoms with Gasteiger partial charge in [0, 0.05) is 18.1 Å². The van der Waals surface area contributed by atoms with E-state index >= 15 is 0 Å². The van der Waals surface area contributed by atoms with Gasteiger partial charge in [0.15, 0.2) is 0 Å².